The monoisotopic (exact) mass is 542 g/mol. The van der Waals surface area contributed by atoms with Gasteiger partial charge in [-0.2, -0.15) is 0 Å². The highest BCUT2D eigenvalue weighted by molar-refractivity contribution is 14.1. The van der Waals surface area contributed by atoms with Crippen LogP contribution in [0.25, 0.3) is 0 Å². The van der Waals surface area contributed by atoms with Crippen LogP contribution in [0.3, 0.4) is 0 Å². The molecule has 2 aromatic rings. The fourth-order valence-corrected chi connectivity index (χ4v) is 4.99. The first-order chi connectivity index (χ1) is 14.9. The summed E-state index contributed by atoms with van der Waals surface area (Å²) in [6.07, 6.45) is -0.356. The van der Waals surface area contributed by atoms with E-state index in [2.05, 4.69) is 22.6 Å². The van der Waals surface area contributed by atoms with Gasteiger partial charge in [-0.25, -0.2) is 0 Å². The molecule has 0 radical (unpaired) electrons. The second-order valence-electron chi connectivity index (χ2n) is 8.27. The van der Waals surface area contributed by atoms with E-state index in [9.17, 15) is 9.90 Å². The molecule has 3 heterocycles. The molecular formula is C23H23IO7. The number of benzene rings is 2. The molecule has 3 aliphatic heterocycles. The summed E-state index contributed by atoms with van der Waals surface area (Å²) in [5.41, 5.74) is 1.11. The molecule has 31 heavy (non-hydrogen) atoms. The van der Waals surface area contributed by atoms with E-state index < -0.39 is 17.6 Å². The number of halogens is 1. The van der Waals surface area contributed by atoms with Gasteiger partial charge < -0.3 is 28.8 Å². The van der Waals surface area contributed by atoms with Crippen LogP contribution in [-0.4, -0.2) is 54.0 Å². The summed E-state index contributed by atoms with van der Waals surface area (Å²) in [4.78, 5) is 13.6. The smallest absolute Gasteiger partial charge is 0.178 e. The first-order valence-electron chi connectivity index (χ1n) is 10.1. The van der Waals surface area contributed by atoms with Crippen molar-refractivity contribution in [3.05, 3.63) is 41.0 Å². The minimum atomic E-state index is -0.976. The fraction of sp³-hybridized carbons (Fsp3) is 0.435. The lowest BCUT2D eigenvalue weighted by atomic mass is 9.81. The highest BCUT2D eigenvalue weighted by Crippen LogP contribution is 2.50. The van der Waals surface area contributed by atoms with Crippen LogP contribution in [0.15, 0.2) is 24.3 Å². The standard InChI is InChI=1S/C23H23IO7/c1-23(26,10-24)19-7-13-14(30-19)5-4-11-21(25)20-12-6-16(27-2)17(28-3)8-15(12)29-9-18(20)31-22(11)13/h4-6,8,18-20,26H,7,9-10H2,1-3H3/t18-,19?,20+,23+/m1/s1/i24+4. The fourth-order valence-electron chi connectivity index (χ4n) is 4.50. The molecule has 2 aromatic carbocycles. The van der Waals surface area contributed by atoms with Crippen LogP contribution in [0.5, 0.6) is 28.7 Å². The van der Waals surface area contributed by atoms with Gasteiger partial charge in [0.05, 0.1) is 25.7 Å². The van der Waals surface area contributed by atoms with Crippen LogP contribution < -0.4 is 23.7 Å². The van der Waals surface area contributed by atoms with Crippen molar-refractivity contribution in [2.45, 2.75) is 37.1 Å². The highest BCUT2D eigenvalue weighted by atomic mass is 131. The largest absolute Gasteiger partial charge is 0.493 e. The molecule has 1 unspecified atom stereocenters. The van der Waals surface area contributed by atoms with Gasteiger partial charge in [-0.3, -0.25) is 4.79 Å². The van der Waals surface area contributed by atoms with Crippen molar-refractivity contribution in [2.75, 3.05) is 25.3 Å². The molecule has 0 aromatic heterocycles. The maximum absolute atomic E-state index is 13.6. The zero-order chi connectivity index (χ0) is 21.9. The Bertz CT molecular complexity index is 1060. The van der Waals surface area contributed by atoms with E-state index in [-0.39, 0.29) is 18.5 Å². The number of hydrogen-bond donors (Lipinski definition) is 1. The second-order valence-corrected chi connectivity index (χ2v) is 9.04. The maximum atomic E-state index is 13.6. The molecule has 0 fully saturated rings. The number of alkyl halides is 1. The van der Waals surface area contributed by atoms with Gasteiger partial charge in [-0.1, -0.05) is 22.6 Å². The second kappa shape index (κ2) is 7.44. The number of rotatable bonds is 4. The SMILES string of the molecule is COc1cc2c(cc1OC)[C@@H]1C(=O)c3ccc4c(c3O[C@@H]1CO2)CC([C@@](C)(O)C[131I])O4. The Morgan fingerprint density at radius 1 is 1.16 bits per heavy atom. The van der Waals surface area contributed by atoms with Crippen molar-refractivity contribution in [1.29, 1.82) is 0 Å². The van der Waals surface area contributed by atoms with Crippen molar-refractivity contribution < 1.29 is 33.6 Å². The van der Waals surface area contributed by atoms with Crippen LogP contribution in [0, 0.1) is 0 Å². The van der Waals surface area contributed by atoms with E-state index in [1.165, 1.54) is 0 Å². The molecule has 0 saturated carbocycles. The molecule has 164 valence electrons. The number of hydrogen-bond acceptors (Lipinski definition) is 7. The highest BCUT2D eigenvalue weighted by Gasteiger charge is 2.47. The summed E-state index contributed by atoms with van der Waals surface area (Å²) in [7, 11) is 3.12. The summed E-state index contributed by atoms with van der Waals surface area (Å²) in [5, 5.41) is 10.7. The van der Waals surface area contributed by atoms with Gasteiger partial charge in [0.2, 0.25) is 0 Å². The molecule has 5 rings (SSSR count). The van der Waals surface area contributed by atoms with Gasteiger partial charge >= 0.3 is 0 Å². The number of carbonyl (C=O) groups excluding carboxylic acids is 1. The molecule has 1 N–H and O–H groups in total. The predicted octanol–water partition coefficient (Wildman–Crippen LogP) is 3.31. The van der Waals surface area contributed by atoms with Crippen molar-refractivity contribution >= 4 is 28.4 Å². The van der Waals surface area contributed by atoms with Gasteiger partial charge in [0.1, 0.15) is 41.7 Å². The Morgan fingerprint density at radius 2 is 1.90 bits per heavy atom. The first kappa shape index (κ1) is 20.7. The minimum Gasteiger partial charge on any atom is -0.493 e. The number of ether oxygens (including phenoxy) is 5. The lowest BCUT2D eigenvalue weighted by Gasteiger charge is -2.37. The third kappa shape index (κ3) is 3.14. The molecule has 8 heteroatoms. The van der Waals surface area contributed by atoms with E-state index in [4.69, 9.17) is 23.7 Å². The Labute approximate surface area is 193 Å². The lowest BCUT2D eigenvalue weighted by Crippen LogP contribution is -2.44. The summed E-state index contributed by atoms with van der Waals surface area (Å²) in [5.74, 6) is 2.37. The third-order valence-electron chi connectivity index (χ3n) is 6.28. The first-order valence-corrected chi connectivity index (χ1v) is 11.6. The van der Waals surface area contributed by atoms with Gasteiger partial charge in [0.15, 0.2) is 17.3 Å². The van der Waals surface area contributed by atoms with E-state index in [1.54, 1.807) is 45.4 Å². The zero-order valence-corrected chi connectivity index (χ0v) is 19.6. The van der Waals surface area contributed by atoms with Crippen LogP contribution in [0.4, 0.5) is 0 Å². The number of carbonyl (C=O) groups is 1. The molecule has 0 aliphatic carbocycles. The summed E-state index contributed by atoms with van der Waals surface area (Å²) in [6, 6.07) is 7.10. The minimum absolute atomic E-state index is 0.0186. The Kier molecular flexibility index (Phi) is 4.97. The van der Waals surface area contributed by atoms with Gasteiger partial charge in [0.25, 0.3) is 0 Å². The molecule has 0 bridgehead atoms. The molecular weight excluding hydrogens is 519 g/mol. The summed E-state index contributed by atoms with van der Waals surface area (Å²) in [6.45, 7) is 2.01. The third-order valence-corrected chi connectivity index (χ3v) is 7.83. The number of fused-ring (bicyclic) bond motifs is 6. The number of Topliss-reactive ketones (excluding diaryl/α,β-unsaturated/α-hetero) is 1. The van der Waals surface area contributed by atoms with Crippen LogP contribution >= 0.6 is 22.6 Å². The predicted molar refractivity (Wildman–Crippen MR) is 121 cm³/mol. The van der Waals surface area contributed by atoms with Crippen LogP contribution in [0.2, 0.25) is 0 Å². The van der Waals surface area contributed by atoms with E-state index >= 15 is 0 Å². The molecule has 4 atom stereocenters. The van der Waals surface area contributed by atoms with Gasteiger partial charge in [0, 0.05) is 28.0 Å². The molecule has 0 saturated heterocycles. The van der Waals surface area contributed by atoms with E-state index in [0.717, 1.165) is 11.1 Å². The molecule has 0 amide bonds. The Morgan fingerprint density at radius 3 is 2.61 bits per heavy atom. The molecule has 0 spiro atoms. The average molecular weight is 542 g/mol. The summed E-state index contributed by atoms with van der Waals surface area (Å²) >= 11 is 2.15. The maximum Gasteiger partial charge on any atom is 0.178 e. The number of aliphatic hydroxyl groups is 1. The Hall–Kier alpha value is -2.20. The lowest BCUT2D eigenvalue weighted by molar-refractivity contribution is -0.0167. The Balaban J connectivity index is 1.55. The van der Waals surface area contributed by atoms with E-state index in [1.807, 2.05) is 0 Å². The molecule has 3 aliphatic rings. The van der Waals surface area contributed by atoms with Crippen LogP contribution in [0.1, 0.15) is 34.3 Å². The van der Waals surface area contributed by atoms with Gasteiger partial charge in [-0.15, -0.1) is 0 Å². The van der Waals surface area contributed by atoms with E-state index in [0.29, 0.717) is 45.2 Å². The number of ketones is 1. The van der Waals surface area contributed by atoms with Crippen molar-refractivity contribution in [3.63, 3.8) is 0 Å². The van der Waals surface area contributed by atoms with Crippen molar-refractivity contribution in [3.8, 4) is 28.7 Å². The topological polar surface area (TPSA) is 83.5 Å². The van der Waals surface area contributed by atoms with Crippen LogP contribution in [-0.2, 0) is 6.42 Å². The van der Waals surface area contributed by atoms with Crippen molar-refractivity contribution in [2.24, 2.45) is 0 Å². The quantitative estimate of drug-likeness (QED) is 0.469. The van der Waals surface area contributed by atoms with Crippen molar-refractivity contribution in [1.82, 2.24) is 0 Å². The zero-order valence-electron chi connectivity index (χ0n) is 17.4. The van der Waals surface area contributed by atoms with Gasteiger partial charge in [-0.05, 0) is 25.1 Å². The summed E-state index contributed by atoms with van der Waals surface area (Å²) < 4.78 is 29.6. The number of methoxy groups -OCH3 is 2. The normalized spacial score (nSPS) is 24.9. The molecule has 7 nitrogen and oxygen atoms in total. The average Bonchev–Trinajstić information content (AvgIpc) is 3.23.